The van der Waals surface area contributed by atoms with Gasteiger partial charge in [-0.05, 0) is 36.2 Å². The van der Waals surface area contributed by atoms with Crippen molar-refractivity contribution in [2.75, 3.05) is 11.9 Å². The summed E-state index contributed by atoms with van der Waals surface area (Å²) in [5.74, 6) is -1.51. The van der Waals surface area contributed by atoms with Gasteiger partial charge in [0.15, 0.2) is 0 Å². The Bertz CT molecular complexity index is 764. The summed E-state index contributed by atoms with van der Waals surface area (Å²) < 4.78 is 42.0. The molecule has 0 bridgehead atoms. The van der Waals surface area contributed by atoms with Crippen molar-refractivity contribution >= 4 is 17.5 Å². The normalized spacial score (nSPS) is 10.9. The molecule has 0 heterocycles. The Hall–Kier alpha value is -3.03. The van der Waals surface area contributed by atoms with E-state index < -0.39 is 12.1 Å². The Kier molecular flexibility index (Phi) is 7.22. The number of nitrogens with one attached hydrogen (secondary N) is 2. The van der Waals surface area contributed by atoms with Crippen LogP contribution in [0, 0.1) is 0 Å². The molecule has 2 rings (SSSR count). The minimum Gasteiger partial charge on any atom is -0.494 e. The number of amides is 2. The highest BCUT2D eigenvalue weighted by atomic mass is 19.4. The zero-order valence-electron chi connectivity index (χ0n) is 14.4. The molecule has 2 aromatic rings. The van der Waals surface area contributed by atoms with E-state index in [0.29, 0.717) is 24.3 Å². The van der Waals surface area contributed by atoms with E-state index in [4.69, 9.17) is 4.74 Å². The third-order valence-electron chi connectivity index (χ3n) is 3.48. The molecule has 2 aromatic carbocycles. The number of carbonyl (C=O) groups is 2. The molecule has 0 aliphatic carbocycles. The molecule has 0 unspecified atom stereocenters. The molecule has 0 saturated heterocycles. The number of ether oxygens (including phenoxy) is 1. The van der Waals surface area contributed by atoms with Crippen LogP contribution in [0.15, 0.2) is 54.6 Å². The second-order valence-electron chi connectivity index (χ2n) is 5.69. The Balaban J connectivity index is 1.74. The minimum atomic E-state index is -4.92. The molecule has 0 spiro atoms. The highest BCUT2D eigenvalue weighted by molar-refractivity contribution is 5.90. The second kappa shape index (κ2) is 9.61. The first-order valence-electron chi connectivity index (χ1n) is 8.26. The number of hydrogen-bond donors (Lipinski definition) is 2. The van der Waals surface area contributed by atoms with Gasteiger partial charge >= 0.3 is 12.1 Å². The van der Waals surface area contributed by atoms with Gasteiger partial charge in [-0.1, -0.05) is 30.3 Å². The van der Waals surface area contributed by atoms with Gasteiger partial charge in [0.1, 0.15) is 5.75 Å². The lowest BCUT2D eigenvalue weighted by atomic mass is 10.2. The summed E-state index contributed by atoms with van der Waals surface area (Å²) in [7, 11) is 0. The highest BCUT2D eigenvalue weighted by Gasteiger charge is 2.38. The van der Waals surface area contributed by atoms with Crippen LogP contribution in [-0.2, 0) is 16.1 Å². The van der Waals surface area contributed by atoms with Crippen LogP contribution in [-0.4, -0.2) is 24.6 Å². The molecule has 0 saturated carbocycles. The standard InChI is InChI=1S/C19H19F3N2O3/c20-19(21,22)18(26)23-13-14-6-4-7-15(12-14)24-17(25)10-5-11-27-16-8-2-1-3-9-16/h1-4,6-9,12H,5,10-11,13H2,(H,23,26)(H,24,25). The van der Waals surface area contributed by atoms with Crippen LogP contribution in [0.3, 0.4) is 0 Å². The van der Waals surface area contributed by atoms with Crippen molar-refractivity contribution in [1.82, 2.24) is 5.32 Å². The van der Waals surface area contributed by atoms with Gasteiger partial charge in [-0.15, -0.1) is 0 Å². The van der Waals surface area contributed by atoms with Gasteiger partial charge in [-0.3, -0.25) is 9.59 Å². The fourth-order valence-electron chi connectivity index (χ4n) is 2.20. The molecular weight excluding hydrogens is 361 g/mol. The molecule has 27 heavy (non-hydrogen) atoms. The lowest BCUT2D eigenvalue weighted by Gasteiger charge is -2.10. The summed E-state index contributed by atoms with van der Waals surface area (Å²) in [5, 5.41) is 4.45. The van der Waals surface area contributed by atoms with Crippen molar-refractivity contribution < 1.29 is 27.5 Å². The molecule has 0 aromatic heterocycles. The number of benzene rings is 2. The molecule has 2 N–H and O–H groups in total. The third kappa shape index (κ3) is 7.39. The van der Waals surface area contributed by atoms with E-state index in [1.807, 2.05) is 30.3 Å². The molecule has 144 valence electrons. The van der Waals surface area contributed by atoms with Crippen molar-refractivity contribution in [1.29, 1.82) is 0 Å². The van der Waals surface area contributed by atoms with E-state index in [0.717, 1.165) is 5.75 Å². The fraction of sp³-hybridized carbons (Fsp3) is 0.263. The average molecular weight is 380 g/mol. The number of anilines is 1. The van der Waals surface area contributed by atoms with E-state index in [1.54, 1.807) is 23.5 Å². The summed E-state index contributed by atoms with van der Waals surface area (Å²) >= 11 is 0. The first kappa shape index (κ1) is 20.3. The quantitative estimate of drug-likeness (QED) is 0.687. The zero-order valence-corrected chi connectivity index (χ0v) is 14.4. The Morgan fingerprint density at radius 1 is 1.00 bits per heavy atom. The van der Waals surface area contributed by atoms with Crippen molar-refractivity contribution in [2.24, 2.45) is 0 Å². The van der Waals surface area contributed by atoms with E-state index >= 15 is 0 Å². The van der Waals surface area contributed by atoms with Crippen LogP contribution in [0.5, 0.6) is 5.75 Å². The number of para-hydroxylation sites is 1. The van der Waals surface area contributed by atoms with Gasteiger partial charge in [-0.2, -0.15) is 13.2 Å². The maximum absolute atomic E-state index is 12.2. The van der Waals surface area contributed by atoms with Crippen molar-refractivity contribution in [2.45, 2.75) is 25.6 Å². The van der Waals surface area contributed by atoms with E-state index in [1.165, 1.54) is 6.07 Å². The van der Waals surface area contributed by atoms with Crippen molar-refractivity contribution in [3.63, 3.8) is 0 Å². The largest absolute Gasteiger partial charge is 0.494 e. The number of halogens is 3. The Labute approximate surface area is 154 Å². The summed E-state index contributed by atoms with van der Waals surface area (Å²) in [6.45, 7) is 0.105. The highest BCUT2D eigenvalue weighted by Crippen LogP contribution is 2.16. The Morgan fingerprint density at radius 3 is 2.44 bits per heavy atom. The lowest BCUT2D eigenvalue weighted by molar-refractivity contribution is -0.173. The van der Waals surface area contributed by atoms with Gasteiger partial charge in [0, 0.05) is 18.7 Å². The van der Waals surface area contributed by atoms with Crippen molar-refractivity contribution in [3.05, 3.63) is 60.2 Å². The molecule has 0 atom stereocenters. The maximum Gasteiger partial charge on any atom is 0.471 e. The van der Waals surface area contributed by atoms with Crippen LogP contribution < -0.4 is 15.4 Å². The molecule has 2 amide bonds. The molecule has 0 radical (unpaired) electrons. The summed E-state index contributed by atoms with van der Waals surface area (Å²) in [6, 6.07) is 15.5. The SMILES string of the molecule is O=C(CCCOc1ccccc1)Nc1cccc(CNC(=O)C(F)(F)F)c1. The van der Waals surface area contributed by atoms with Gasteiger partial charge in [0.05, 0.1) is 6.61 Å². The van der Waals surface area contributed by atoms with Crippen LogP contribution in [0.1, 0.15) is 18.4 Å². The van der Waals surface area contributed by atoms with E-state index in [2.05, 4.69) is 5.32 Å². The molecule has 5 nitrogen and oxygen atoms in total. The van der Waals surface area contributed by atoms with E-state index in [9.17, 15) is 22.8 Å². The predicted octanol–water partition coefficient (Wildman–Crippen LogP) is 3.66. The predicted molar refractivity (Wildman–Crippen MR) is 94.1 cm³/mol. The smallest absolute Gasteiger partial charge is 0.471 e. The molecule has 0 aliphatic rings. The first-order chi connectivity index (χ1) is 12.8. The lowest BCUT2D eigenvalue weighted by Crippen LogP contribution is -2.36. The number of alkyl halides is 3. The average Bonchev–Trinajstić information content (AvgIpc) is 2.63. The maximum atomic E-state index is 12.2. The second-order valence-corrected chi connectivity index (χ2v) is 5.69. The van der Waals surface area contributed by atoms with Gasteiger partial charge in [-0.25, -0.2) is 0 Å². The zero-order chi connectivity index (χ0) is 19.7. The molecule has 0 fully saturated rings. The van der Waals surface area contributed by atoms with Crippen LogP contribution in [0.25, 0.3) is 0 Å². The van der Waals surface area contributed by atoms with Crippen LogP contribution in [0.4, 0.5) is 18.9 Å². The van der Waals surface area contributed by atoms with E-state index in [-0.39, 0.29) is 18.9 Å². The Morgan fingerprint density at radius 2 is 1.74 bits per heavy atom. The monoisotopic (exact) mass is 380 g/mol. The van der Waals surface area contributed by atoms with Crippen LogP contribution in [0.2, 0.25) is 0 Å². The van der Waals surface area contributed by atoms with Crippen molar-refractivity contribution in [3.8, 4) is 5.75 Å². The summed E-state index contributed by atoms with van der Waals surface area (Å²) in [5.41, 5.74) is 0.889. The number of rotatable bonds is 8. The first-order valence-corrected chi connectivity index (χ1v) is 8.26. The fourth-order valence-corrected chi connectivity index (χ4v) is 2.20. The van der Waals surface area contributed by atoms with Gasteiger partial charge in [0.25, 0.3) is 0 Å². The van der Waals surface area contributed by atoms with Gasteiger partial charge < -0.3 is 15.4 Å². The third-order valence-corrected chi connectivity index (χ3v) is 3.48. The number of carbonyl (C=O) groups excluding carboxylic acids is 2. The molecular formula is C19H19F3N2O3. The number of hydrogen-bond acceptors (Lipinski definition) is 3. The summed E-state index contributed by atoms with van der Waals surface area (Å²) in [4.78, 5) is 22.8. The van der Waals surface area contributed by atoms with Crippen LogP contribution >= 0.6 is 0 Å². The topological polar surface area (TPSA) is 67.4 Å². The van der Waals surface area contributed by atoms with Gasteiger partial charge in [0.2, 0.25) is 5.91 Å². The minimum absolute atomic E-state index is 0.233. The summed E-state index contributed by atoms with van der Waals surface area (Å²) in [6.07, 6.45) is -4.17. The molecule has 8 heteroatoms. The molecule has 0 aliphatic heterocycles.